The van der Waals surface area contributed by atoms with Gasteiger partial charge in [0.2, 0.25) is 0 Å². The van der Waals surface area contributed by atoms with Crippen LogP contribution >= 0.6 is 0 Å². The van der Waals surface area contributed by atoms with Gasteiger partial charge in [-0.2, -0.15) is 0 Å². The van der Waals surface area contributed by atoms with Crippen LogP contribution in [-0.2, 0) is 19.4 Å². The van der Waals surface area contributed by atoms with Crippen molar-refractivity contribution >= 4 is 4.40 Å². The second-order valence-corrected chi connectivity index (χ2v) is 1.35. The average molecular weight is 224 g/mol. The van der Waals surface area contributed by atoms with Crippen LogP contribution in [0.2, 0.25) is 0 Å². The Labute approximate surface area is 36.9 Å². The number of hydrogen-bond donors (Lipinski definition) is 0. The normalized spacial score (nSPS) is 5.00. The Kier molecular flexibility index (Phi) is 3.54. The van der Waals surface area contributed by atoms with Crippen LogP contribution in [0.25, 0.3) is 0 Å². The Morgan fingerprint density at radius 2 is 2.00 bits per heavy atom. The van der Waals surface area contributed by atoms with Crippen LogP contribution in [0, 0.1) is 0 Å². The fourth-order valence-electron chi connectivity index (χ4n) is 0. The molecule has 0 aromatic rings. The van der Waals surface area contributed by atoms with Crippen LogP contribution in [0.4, 0.5) is 0 Å². The molecule has 4 heavy (non-hydrogen) atoms. The zero-order valence-corrected chi connectivity index (χ0v) is 5.20. The first-order chi connectivity index (χ1) is 1.91. The molecule has 0 aromatic carbocycles. The maximum absolute atomic E-state index is 3.44. The molecule has 0 saturated heterocycles. The van der Waals surface area contributed by atoms with Gasteiger partial charge in [0, 0.05) is 0 Å². The topological polar surface area (TPSA) is 0 Å². The number of rotatable bonds is 1. The summed E-state index contributed by atoms with van der Waals surface area (Å²) in [5.41, 5.74) is 0. The first-order valence-corrected chi connectivity index (χ1v) is 2.67. The fourth-order valence-corrected chi connectivity index (χ4v) is 0. The molecule has 0 amide bonds. The molecule has 0 spiro atoms. The van der Waals surface area contributed by atoms with Gasteiger partial charge in [0.05, 0.1) is 0 Å². The van der Waals surface area contributed by atoms with Crippen molar-refractivity contribution in [3.8, 4) is 0 Å². The zero-order chi connectivity index (χ0) is 3.41. The quantitative estimate of drug-likeness (QED) is 0.609. The van der Waals surface area contributed by atoms with Crippen molar-refractivity contribution in [1.29, 1.82) is 0 Å². The molecular formula is C3H4W. The molecule has 0 bridgehead atoms. The fraction of sp³-hybridized carbons (Fsp3) is 0. The summed E-state index contributed by atoms with van der Waals surface area (Å²) in [6.45, 7) is 3.44. The van der Waals surface area contributed by atoms with Crippen molar-refractivity contribution in [3.05, 3.63) is 12.7 Å². The average Bonchev–Trinajstić information content (AvgIpc) is 1.37. The Morgan fingerprint density at radius 1 is 1.75 bits per heavy atom. The van der Waals surface area contributed by atoms with Crippen molar-refractivity contribution in [2.45, 2.75) is 0 Å². The van der Waals surface area contributed by atoms with E-state index in [0.717, 1.165) is 0 Å². The van der Waals surface area contributed by atoms with Crippen LogP contribution in [0.5, 0.6) is 0 Å². The van der Waals surface area contributed by atoms with Crippen molar-refractivity contribution in [2.24, 2.45) is 0 Å². The van der Waals surface area contributed by atoms with Crippen molar-refractivity contribution < 1.29 is 19.4 Å². The summed E-state index contributed by atoms with van der Waals surface area (Å²) in [6, 6.07) is 0. The monoisotopic (exact) mass is 224 g/mol. The standard InChI is InChI=1S/C3H4.W/c1-3-2;/h1,3H,2H2;. The second-order valence-electron chi connectivity index (χ2n) is 0.372. The van der Waals surface area contributed by atoms with E-state index >= 15 is 0 Å². The van der Waals surface area contributed by atoms with Crippen molar-refractivity contribution in [2.75, 3.05) is 0 Å². The molecule has 0 atom stereocenters. The van der Waals surface area contributed by atoms with E-state index in [-0.39, 0.29) is 0 Å². The molecule has 0 fully saturated rings. The van der Waals surface area contributed by atoms with E-state index in [2.05, 4.69) is 6.58 Å². The van der Waals surface area contributed by atoms with E-state index in [4.69, 9.17) is 0 Å². The van der Waals surface area contributed by atoms with Gasteiger partial charge < -0.3 is 0 Å². The van der Waals surface area contributed by atoms with E-state index in [1.807, 2.05) is 4.40 Å². The minimum atomic E-state index is 1.46. The molecule has 0 nitrogen and oxygen atoms in total. The predicted octanol–water partition coefficient (Wildman–Crippen LogP) is 0.521. The first kappa shape index (κ1) is 4.30. The summed E-state index contributed by atoms with van der Waals surface area (Å²) in [4.78, 5) is 0. The van der Waals surface area contributed by atoms with E-state index in [1.54, 1.807) is 6.08 Å². The van der Waals surface area contributed by atoms with Gasteiger partial charge in [-0.1, -0.05) is 0 Å². The summed E-state index contributed by atoms with van der Waals surface area (Å²) in [7, 11) is 0. The summed E-state index contributed by atoms with van der Waals surface area (Å²) in [5.74, 6) is 0. The SMILES string of the molecule is C=C[CH]=[W]. The minimum absolute atomic E-state index is 1.46. The molecule has 1 heteroatoms. The molecule has 0 aromatic heterocycles. The third kappa shape index (κ3) is 2.30. The molecule has 0 rings (SSSR count). The molecule has 0 N–H and O–H groups in total. The Hall–Kier alpha value is 0.298. The van der Waals surface area contributed by atoms with Gasteiger partial charge in [-0.3, -0.25) is 0 Å². The van der Waals surface area contributed by atoms with E-state index in [9.17, 15) is 0 Å². The van der Waals surface area contributed by atoms with Crippen molar-refractivity contribution in [1.82, 2.24) is 0 Å². The van der Waals surface area contributed by atoms with Gasteiger partial charge in [-0.05, 0) is 0 Å². The molecule has 0 heterocycles. The van der Waals surface area contributed by atoms with Crippen LogP contribution in [0.3, 0.4) is 0 Å². The molecule has 0 aliphatic carbocycles. The van der Waals surface area contributed by atoms with E-state index < -0.39 is 0 Å². The third-order valence-electron chi connectivity index (χ3n) is 0.0962. The van der Waals surface area contributed by atoms with Gasteiger partial charge >= 0.3 is 36.4 Å². The van der Waals surface area contributed by atoms with Gasteiger partial charge in [-0.25, -0.2) is 0 Å². The summed E-state index contributed by atoms with van der Waals surface area (Å²) in [5, 5.41) is 0. The molecule has 0 radical (unpaired) electrons. The number of hydrogen-bond acceptors (Lipinski definition) is 0. The summed E-state index contributed by atoms with van der Waals surface area (Å²) >= 11 is 1.46. The summed E-state index contributed by atoms with van der Waals surface area (Å²) in [6.07, 6.45) is 1.79. The molecule has 0 saturated carbocycles. The van der Waals surface area contributed by atoms with Gasteiger partial charge in [-0.15, -0.1) is 0 Å². The maximum atomic E-state index is 3.44. The zero-order valence-electron chi connectivity index (χ0n) is 2.27. The summed E-state index contributed by atoms with van der Waals surface area (Å²) < 4.78 is 1.97. The molecule has 0 unspecified atom stereocenters. The first-order valence-electron chi connectivity index (χ1n) is 0.977. The van der Waals surface area contributed by atoms with E-state index in [1.165, 1.54) is 19.4 Å². The van der Waals surface area contributed by atoms with E-state index in [0.29, 0.717) is 0 Å². The van der Waals surface area contributed by atoms with Crippen LogP contribution in [0.15, 0.2) is 12.7 Å². The third-order valence-corrected chi connectivity index (χ3v) is 0.788. The molecule has 22 valence electrons. The van der Waals surface area contributed by atoms with Gasteiger partial charge in [0.15, 0.2) is 0 Å². The Morgan fingerprint density at radius 3 is 2.00 bits per heavy atom. The van der Waals surface area contributed by atoms with Crippen LogP contribution in [0.1, 0.15) is 0 Å². The van der Waals surface area contributed by atoms with Gasteiger partial charge in [0.1, 0.15) is 0 Å². The molecule has 0 aliphatic rings. The van der Waals surface area contributed by atoms with Crippen molar-refractivity contribution in [3.63, 3.8) is 0 Å². The Bertz CT molecular complexity index is 24.3. The second kappa shape index (κ2) is 3.30. The van der Waals surface area contributed by atoms with Crippen LogP contribution in [-0.4, -0.2) is 4.40 Å². The molecular weight excluding hydrogens is 220 g/mol. The van der Waals surface area contributed by atoms with Crippen LogP contribution < -0.4 is 0 Å². The number of allylic oxidation sites excluding steroid dienone is 1. The predicted molar refractivity (Wildman–Crippen MR) is 16.3 cm³/mol. The molecule has 0 aliphatic heterocycles. The van der Waals surface area contributed by atoms with Gasteiger partial charge in [0.25, 0.3) is 0 Å². The Balaban J connectivity index is 2.73.